The van der Waals surface area contributed by atoms with Gasteiger partial charge in [-0.15, -0.1) is 0 Å². The van der Waals surface area contributed by atoms with Crippen LogP contribution >= 0.6 is 11.8 Å². The van der Waals surface area contributed by atoms with Gasteiger partial charge < -0.3 is 9.47 Å². The van der Waals surface area contributed by atoms with Crippen molar-refractivity contribution in [2.75, 3.05) is 7.11 Å². The number of ether oxygens (including phenoxy) is 2. The Labute approximate surface area is 141 Å². The van der Waals surface area contributed by atoms with E-state index in [1.165, 1.54) is 24.3 Å². The molecular formula is C17H15F3O3S. The maximum absolute atomic E-state index is 13.1. The molecule has 1 unspecified atom stereocenters. The van der Waals surface area contributed by atoms with Gasteiger partial charge in [0.05, 0.1) is 13.7 Å². The van der Waals surface area contributed by atoms with E-state index in [-0.39, 0.29) is 12.2 Å². The summed E-state index contributed by atoms with van der Waals surface area (Å²) in [6.45, 7) is -0.173. The summed E-state index contributed by atoms with van der Waals surface area (Å²) in [5.41, 5.74) is -3.99. The molecular weight excluding hydrogens is 341 g/mol. The molecule has 0 spiro atoms. The monoisotopic (exact) mass is 356 g/mol. The molecule has 2 aromatic rings. The van der Waals surface area contributed by atoms with E-state index in [1.807, 2.05) is 0 Å². The van der Waals surface area contributed by atoms with Gasteiger partial charge >= 0.3 is 11.5 Å². The summed E-state index contributed by atoms with van der Waals surface area (Å²) in [6.07, 6.45) is 0. The maximum atomic E-state index is 13.1. The first kappa shape index (κ1) is 18.4. The maximum Gasteiger partial charge on any atom is 0.445 e. The quantitative estimate of drug-likeness (QED) is 0.565. The molecule has 7 heteroatoms. The van der Waals surface area contributed by atoms with Gasteiger partial charge in [0.25, 0.3) is 0 Å². The number of rotatable bonds is 6. The third kappa shape index (κ3) is 4.52. The van der Waals surface area contributed by atoms with Crippen molar-refractivity contribution in [3.8, 4) is 0 Å². The molecule has 0 radical (unpaired) electrons. The number of benzene rings is 2. The summed E-state index contributed by atoms with van der Waals surface area (Å²) in [7, 11) is 1.03. The predicted octanol–water partition coefficient (Wildman–Crippen LogP) is 4.48. The van der Waals surface area contributed by atoms with Crippen LogP contribution in [0.1, 0.15) is 11.1 Å². The first-order valence-electron chi connectivity index (χ1n) is 6.96. The summed E-state index contributed by atoms with van der Waals surface area (Å²) in [5.74, 6) is -1.12. The molecule has 0 aliphatic carbocycles. The highest BCUT2D eigenvalue weighted by Crippen LogP contribution is 2.48. The molecule has 2 rings (SSSR count). The third-order valence-electron chi connectivity index (χ3n) is 3.15. The van der Waals surface area contributed by atoms with Crippen molar-refractivity contribution >= 4 is 17.7 Å². The summed E-state index contributed by atoms with van der Waals surface area (Å²) in [5, 5.41) is 0. The van der Waals surface area contributed by atoms with Gasteiger partial charge in [-0.25, -0.2) is 4.79 Å². The van der Waals surface area contributed by atoms with Crippen molar-refractivity contribution < 1.29 is 27.4 Å². The van der Waals surface area contributed by atoms with Crippen LogP contribution in [0.5, 0.6) is 0 Å². The van der Waals surface area contributed by atoms with Crippen LogP contribution in [0, 0.1) is 0 Å². The third-order valence-corrected chi connectivity index (χ3v) is 4.19. The predicted molar refractivity (Wildman–Crippen MR) is 85.0 cm³/mol. The van der Waals surface area contributed by atoms with E-state index in [2.05, 4.69) is 4.74 Å². The summed E-state index contributed by atoms with van der Waals surface area (Å²) in [4.78, 5) is 9.94. The fourth-order valence-corrected chi connectivity index (χ4v) is 2.97. The zero-order chi connectivity index (χ0) is 17.6. The highest BCUT2D eigenvalue weighted by Gasteiger charge is 2.52. The molecule has 0 aromatic heterocycles. The molecule has 0 saturated carbocycles. The zero-order valence-electron chi connectivity index (χ0n) is 12.7. The van der Waals surface area contributed by atoms with Gasteiger partial charge in [0.1, 0.15) is 0 Å². The number of alkyl halides is 3. The Morgan fingerprint density at radius 1 is 1.00 bits per heavy atom. The van der Waals surface area contributed by atoms with E-state index >= 15 is 0 Å². The van der Waals surface area contributed by atoms with Crippen molar-refractivity contribution in [2.45, 2.75) is 17.0 Å². The Morgan fingerprint density at radius 2 is 1.54 bits per heavy atom. The number of esters is 1. The van der Waals surface area contributed by atoms with Crippen LogP contribution in [-0.4, -0.2) is 18.6 Å². The van der Waals surface area contributed by atoms with Crippen LogP contribution in [-0.2, 0) is 25.8 Å². The second kappa shape index (κ2) is 7.72. The van der Waals surface area contributed by atoms with Gasteiger partial charge in [-0.05, 0) is 5.56 Å². The SMILES string of the molecule is COC(=O)C(OCc1ccccc1)(SC(F)(F)F)c1ccccc1. The number of hydrogen-bond donors (Lipinski definition) is 0. The van der Waals surface area contributed by atoms with Gasteiger partial charge in [0.15, 0.2) is 0 Å². The van der Waals surface area contributed by atoms with Gasteiger partial charge in [-0.1, -0.05) is 60.7 Å². The van der Waals surface area contributed by atoms with E-state index in [0.29, 0.717) is 5.56 Å². The smallest absolute Gasteiger partial charge is 0.445 e. The second-order valence-electron chi connectivity index (χ2n) is 4.80. The van der Waals surface area contributed by atoms with E-state index < -0.39 is 28.2 Å². The Bertz CT molecular complexity index is 662. The summed E-state index contributed by atoms with van der Waals surface area (Å²) < 4.78 is 49.5. The lowest BCUT2D eigenvalue weighted by Crippen LogP contribution is -2.39. The molecule has 2 aromatic carbocycles. The fourth-order valence-electron chi connectivity index (χ4n) is 2.10. The van der Waals surface area contributed by atoms with Gasteiger partial charge in [-0.3, -0.25) is 0 Å². The zero-order valence-corrected chi connectivity index (χ0v) is 13.6. The molecule has 1 atom stereocenters. The number of hydrogen-bond acceptors (Lipinski definition) is 4. The van der Waals surface area contributed by atoms with Crippen LogP contribution in [0.25, 0.3) is 0 Å². The highest BCUT2D eigenvalue weighted by molar-refractivity contribution is 8.01. The van der Waals surface area contributed by atoms with Crippen molar-refractivity contribution in [1.82, 2.24) is 0 Å². The average molecular weight is 356 g/mol. The first-order chi connectivity index (χ1) is 11.4. The molecule has 0 amide bonds. The molecule has 0 heterocycles. The summed E-state index contributed by atoms with van der Waals surface area (Å²) in [6, 6.07) is 16.2. The molecule has 0 fully saturated rings. The summed E-state index contributed by atoms with van der Waals surface area (Å²) >= 11 is -0.542. The van der Waals surface area contributed by atoms with E-state index in [9.17, 15) is 18.0 Å². The Hall–Kier alpha value is -1.99. The average Bonchev–Trinajstić information content (AvgIpc) is 2.58. The van der Waals surface area contributed by atoms with Crippen molar-refractivity contribution in [1.29, 1.82) is 0 Å². The number of carbonyl (C=O) groups is 1. The van der Waals surface area contributed by atoms with Crippen LogP contribution in [0.3, 0.4) is 0 Å². The molecule has 0 N–H and O–H groups in total. The minimum atomic E-state index is -4.69. The molecule has 0 bridgehead atoms. The molecule has 128 valence electrons. The standard InChI is InChI=1S/C17H15F3O3S/c1-22-15(21)16(24-17(18,19)20,14-10-6-3-7-11-14)23-12-13-8-4-2-5-9-13/h2-11H,12H2,1H3. The lowest BCUT2D eigenvalue weighted by Gasteiger charge is -2.31. The largest absolute Gasteiger partial charge is 0.466 e. The van der Waals surface area contributed by atoms with Crippen LogP contribution in [0.2, 0.25) is 0 Å². The van der Waals surface area contributed by atoms with Crippen LogP contribution < -0.4 is 0 Å². The fraction of sp³-hybridized carbons (Fsp3) is 0.235. The molecule has 3 nitrogen and oxygen atoms in total. The minimum absolute atomic E-state index is 0.0649. The number of halogens is 3. The van der Waals surface area contributed by atoms with E-state index in [1.54, 1.807) is 36.4 Å². The lowest BCUT2D eigenvalue weighted by molar-refractivity contribution is -0.161. The molecule has 0 saturated heterocycles. The van der Waals surface area contributed by atoms with E-state index in [0.717, 1.165) is 7.11 Å². The number of methoxy groups -OCH3 is 1. The first-order valence-corrected chi connectivity index (χ1v) is 7.78. The van der Waals surface area contributed by atoms with Crippen LogP contribution in [0.4, 0.5) is 13.2 Å². The van der Waals surface area contributed by atoms with E-state index in [4.69, 9.17) is 4.74 Å². The Kier molecular flexibility index (Phi) is 5.90. The van der Waals surface area contributed by atoms with Gasteiger partial charge in [0.2, 0.25) is 4.93 Å². The highest BCUT2D eigenvalue weighted by atomic mass is 32.2. The van der Waals surface area contributed by atoms with Crippen molar-refractivity contribution in [3.63, 3.8) is 0 Å². The molecule has 24 heavy (non-hydrogen) atoms. The minimum Gasteiger partial charge on any atom is -0.466 e. The number of thioether (sulfide) groups is 1. The van der Waals surface area contributed by atoms with Gasteiger partial charge in [-0.2, -0.15) is 13.2 Å². The van der Waals surface area contributed by atoms with Crippen molar-refractivity contribution in [3.05, 3.63) is 71.8 Å². The Balaban J connectivity index is 2.42. The topological polar surface area (TPSA) is 35.5 Å². The Morgan fingerprint density at radius 3 is 2.04 bits per heavy atom. The molecule has 0 aliphatic heterocycles. The van der Waals surface area contributed by atoms with Crippen LogP contribution in [0.15, 0.2) is 60.7 Å². The second-order valence-corrected chi connectivity index (χ2v) is 6.04. The van der Waals surface area contributed by atoms with Crippen molar-refractivity contribution in [2.24, 2.45) is 0 Å². The normalized spacial score (nSPS) is 14.0. The van der Waals surface area contributed by atoms with Gasteiger partial charge in [0, 0.05) is 17.3 Å². The molecule has 0 aliphatic rings. The number of carbonyl (C=O) groups excluding carboxylic acids is 1. The lowest BCUT2D eigenvalue weighted by atomic mass is 10.1.